The molecule has 1 saturated heterocycles. The van der Waals surface area contributed by atoms with Gasteiger partial charge in [0.15, 0.2) is 6.29 Å². The molecule has 0 bridgehead atoms. The highest BCUT2D eigenvalue weighted by molar-refractivity contribution is 9.10. The van der Waals surface area contributed by atoms with Crippen LogP contribution in [0.1, 0.15) is 38.1 Å². The van der Waals surface area contributed by atoms with Gasteiger partial charge >= 0.3 is 0 Å². The second kappa shape index (κ2) is 4.91. The molecule has 0 unspecified atom stereocenters. The Labute approximate surface area is 123 Å². The van der Waals surface area contributed by atoms with Gasteiger partial charge in [0, 0.05) is 28.8 Å². The van der Waals surface area contributed by atoms with E-state index in [9.17, 15) is 4.79 Å². The molecular formula is C15H20BrNO2. The first-order valence-corrected chi connectivity index (χ1v) is 7.22. The first kappa shape index (κ1) is 14.5. The van der Waals surface area contributed by atoms with E-state index in [1.54, 1.807) is 0 Å². The highest BCUT2D eigenvalue weighted by atomic mass is 79.9. The topological polar surface area (TPSA) is 29.5 Å². The highest BCUT2D eigenvalue weighted by Gasteiger charge is 2.38. The number of ether oxygens (including phenoxy) is 1. The van der Waals surface area contributed by atoms with Crippen molar-refractivity contribution in [2.75, 3.05) is 18.0 Å². The Hall–Kier alpha value is -0.870. The maximum absolute atomic E-state index is 11.2. The third-order valence-electron chi connectivity index (χ3n) is 3.16. The second-order valence-corrected chi connectivity index (χ2v) is 7.21. The van der Waals surface area contributed by atoms with E-state index in [0.717, 1.165) is 35.1 Å². The fraction of sp³-hybridized carbons (Fsp3) is 0.533. The van der Waals surface area contributed by atoms with E-state index in [1.807, 2.05) is 18.2 Å². The molecule has 3 nitrogen and oxygen atoms in total. The number of benzene rings is 1. The molecule has 1 aliphatic rings. The van der Waals surface area contributed by atoms with Gasteiger partial charge in [0.05, 0.1) is 11.2 Å². The van der Waals surface area contributed by atoms with E-state index in [0.29, 0.717) is 0 Å². The highest BCUT2D eigenvalue weighted by Crippen LogP contribution is 2.33. The van der Waals surface area contributed by atoms with Gasteiger partial charge in [-0.15, -0.1) is 0 Å². The lowest BCUT2D eigenvalue weighted by atomic mass is 9.97. The summed E-state index contributed by atoms with van der Waals surface area (Å²) in [5.41, 5.74) is 1.22. The molecule has 0 radical (unpaired) electrons. The van der Waals surface area contributed by atoms with Gasteiger partial charge in [0.25, 0.3) is 0 Å². The van der Waals surface area contributed by atoms with Crippen molar-refractivity contribution >= 4 is 27.9 Å². The molecule has 0 aliphatic carbocycles. The van der Waals surface area contributed by atoms with Crippen LogP contribution in [0, 0.1) is 0 Å². The third-order valence-corrected chi connectivity index (χ3v) is 3.65. The molecule has 0 N–H and O–H groups in total. The second-order valence-electron chi connectivity index (χ2n) is 6.30. The minimum atomic E-state index is -0.232. The zero-order valence-electron chi connectivity index (χ0n) is 11.9. The number of carbonyl (C=O) groups excluding carboxylic acids is 1. The van der Waals surface area contributed by atoms with Crippen LogP contribution in [0.15, 0.2) is 22.7 Å². The molecule has 4 heteroatoms. The molecule has 1 aromatic carbocycles. The summed E-state index contributed by atoms with van der Waals surface area (Å²) in [6.07, 6.45) is 0.914. The Kier molecular flexibility index (Phi) is 3.76. The standard InChI is InChI=1S/C15H20BrNO2/c1-14(2)9-17(10-15(3,4)19-14)13-7-12(16)6-5-11(13)8-18/h5-8H,9-10H2,1-4H3. The maximum Gasteiger partial charge on any atom is 0.152 e. The number of hydrogen-bond donors (Lipinski definition) is 0. The van der Waals surface area contributed by atoms with Crippen LogP contribution in [0.3, 0.4) is 0 Å². The van der Waals surface area contributed by atoms with Crippen LogP contribution in [0.4, 0.5) is 5.69 Å². The van der Waals surface area contributed by atoms with Crippen molar-refractivity contribution in [1.82, 2.24) is 0 Å². The number of anilines is 1. The quantitative estimate of drug-likeness (QED) is 0.777. The SMILES string of the molecule is CC1(C)CN(c2cc(Br)ccc2C=O)CC(C)(C)O1. The molecule has 1 heterocycles. The summed E-state index contributed by atoms with van der Waals surface area (Å²) in [6, 6.07) is 5.74. The molecule has 104 valence electrons. The van der Waals surface area contributed by atoms with E-state index in [1.165, 1.54) is 0 Å². The van der Waals surface area contributed by atoms with E-state index in [2.05, 4.69) is 48.5 Å². The fourth-order valence-corrected chi connectivity index (χ4v) is 3.20. The Morgan fingerprint density at radius 2 is 1.79 bits per heavy atom. The molecule has 1 aromatic rings. The van der Waals surface area contributed by atoms with Crippen LogP contribution in [0.25, 0.3) is 0 Å². The maximum atomic E-state index is 11.2. The monoisotopic (exact) mass is 325 g/mol. The third kappa shape index (κ3) is 3.37. The minimum Gasteiger partial charge on any atom is -0.366 e. The summed E-state index contributed by atoms with van der Waals surface area (Å²) in [5.74, 6) is 0. The molecule has 19 heavy (non-hydrogen) atoms. The van der Waals surface area contributed by atoms with Gasteiger partial charge in [-0.25, -0.2) is 0 Å². The van der Waals surface area contributed by atoms with Crippen molar-refractivity contribution in [3.63, 3.8) is 0 Å². The van der Waals surface area contributed by atoms with Crippen molar-refractivity contribution in [1.29, 1.82) is 0 Å². The Morgan fingerprint density at radius 3 is 2.32 bits per heavy atom. The Balaban J connectivity index is 2.40. The molecule has 0 atom stereocenters. The van der Waals surface area contributed by atoms with Crippen molar-refractivity contribution in [2.24, 2.45) is 0 Å². The van der Waals surface area contributed by atoms with Gasteiger partial charge in [-0.3, -0.25) is 4.79 Å². The average molecular weight is 326 g/mol. The number of rotatable bonds is 2. The predicted octanol–water partition coefficient (Wildman–Crippen LogP) is 3.66. The number of hydrogen-bond acceptors (Lipinski definition) is 3. The number of morpholine rings is 1. The molecule has 0 aromatic heterocycles. The lowest BCUT2D eigenvalue weighted by molar-refractivity contribution is -0.133. The van der Waals surface area contributed by atoms with Gasteiger partial charge < -0.3 is 9.64 Å². The number of halogens is 1. The zero-order valence-corrected chi connectivity index (χ0v) is 13.5. The van der Waals surface area contributed by atoms with Gasteiger partial charge in [-0.1, -0.05) is 15.9 Å². The number of aldehydes is 1. The van der Waals surface area contributed by atoms with Crippen LogP contribution in [0.2, 0.25) is 0 Å². The van der Waals surface area contributed by atoms with Gasteiger partial charge in [0.2, 0.25) is 0 Å². The van der Waals surface area contributed by atoms with Crippen LogP contribution in [0.5, 0.6) is 0 Å². The lowest BCUT2D eigenvalue weighted by Gasteiger charge is -2.48. The molecule has 1 aliphatic heterocycles. The van der Waals surface area contributed by atoms with Crippen LogP contribution in [-0.2, 0) is 4.74 Å². The van der Waals surface area contributed by atoms with Crippen molar-refractivity contribution in [3.8, 4) is 0 Å². The predicted molar refractivity (Wildman–Crippen MR) is 81.0 cm³/mol. The van der Waals surface area contributed by atoms with Gasteiger partial charge in [-0.2, -0.15) is 0 Å². The van der Waals surface area contributed by atoms with E-state index >= 15 is 0 Å². The smallest absolute Gasteiger partial charge is 0.152 e. The van der Waals surface area contributed by atoms with Crippen LogP contribution >= 0.6 is 15.9 Å². The van der Waals surface area contributed by atoms with Gasteiger partial charge in [0.1, 0.15) is 0 Å². The lowest BCUT2D eigenvalue weighted by Crippen LogP contribution is -2.57. The Morgan fingerprint density at radius 1 is 1.21 bits per heavy atom. The number of carbonyl (C=O) groups is 1. The summed E-state index contributed by atoms with van der Waals surface area (Å²) in [6.45, 7) is 9.87. The Bertz CT molecular complexity index is 481. The molecule has 2 rings (SSSR count). The van der Waals surface area contributed by atoms with E-state index < -0.39 is 0 Å². The van der Waals surface area contributed by atoms with E-state index in [4.69, 9.17) is 4.74 Å². The van der Waals surface area contributed by atoms with E-state index in [-0.39, 0.29) is 11.2 Å². The van der Waals surface area contributed by atoms with Crippen LogP contribution in [-0.4, -0.2) is 30.6 Å². The van der Waals surface area contributed by atoms with Crippen LogP contribution < -0.4 is 4.90 Å². The zero-order chi connectivity index (χ0) is 14.3. The minimum absolute atomic E-state index is 0.232. The normalized spacial score (nSPS) is 21.2. The van der Waals surface area contributed by atoms with Crippen molar-refractivity contribution in [3.05, 3.63) is 28.2 Å². The molecule has 1 fully saturated rings. The molecule has 0 amide bonds. The summed E-state index contributed by atoms with van der Waals surface area (Å²) < 4.78 is 7.06. The summed E-state index contributed by atoms with van der Waals surface area (Å²) in [4.78, 5) is 13.5. The molecule has 0 spiro atoms. The number of nitrogens with zero attached hydrogens (tertiary/aromatic N) is 1. The average Bonchev–Trinajstić information content (AvgIpc) is 2.24. The van der Waals surface area contributed by atoms with Crippen molar-refractivity contribution < 1.29 is 9.53 Å². The largest absolute Gasteiger partial charge is 0.366 e. The first-order chi connectivity index (χ1) is 8.72. The molecular weight excluding hydrogens is 306 g/mol. The molecule has 0 saturated carbocycles. The summed E-state index contributed by atoms with van der Waals surface area (Å²) in [5, 5.41) is 0. The van der Waals surface area contributed by atoms with Gasteiger partial charge in [-0.05, 0) is 45.9 Å². The summed E-state index contributed by atoms with van der Waals surface area (Å²) in [7, 11) is 0. The first-order valence-electron chi connectivity index (χ1n) is 6.42. The summed E-state index contributed by atoms with van der Waals surface area (Å²) >= 11 is 3.48. The van der Waals surface area contributed by atoms with Crippen molar-refractivity contribution in [2.45, 2.75) is 38.9 Å². The fourth-order valence-electron chi connectivity index (χ4n) is 2.85.